The Hall–Kier alpha value is -0.0800. The van der Waals surface area contributed by atoms with Crippen LogP contribution in [-0.4, -0.2) is 18.8 Å². The van der Waals surface area contributed by atoms with E-state index in [2.05, 4.69) is 27.7 Å². The summed E-state index contributed by atoms with van der Waals surface area (Å²) in [4.78, 5) is 0. The zero-order chi connectivity index (χ0) is 11.0. The third kappa shape index (κ3) is 8.52. The highest BCUT2D eigenvalue weighted by molar-refractivity contribution is 4.58. The van der Waals surface area contributed by atoms with Gasteiger partial charge in [0, 0.05) is 12.6 Å². The van der Waals surface area contributed by atoms with E-state index in [4.69, 9.17) is 10.5 Å². The van der Waals surface area contributed by atoms with E-state index in [9.17, 15) is 0 Å². The molecule has 0 aromatic carbocycles. The second kappa shape index (κ2) is 8.25. The van der Waals surface area contributed by atoms with Crippen molar-refractivity contribution in [1.82, 2.24) is 0 Å². The Morgan fingerprint density at radius 3 is 2.36 bits per heavy atom. The molecule has 0 amide bonds. The molecule has 0 bridgehead atoms. The Morgan fingerprint density at radius 1 is 1.21 bits per heavy atom. The monoisotopic (exact) mass is 201 g/mol. The molecule has 2 heteroatoms. The van der Waals surface area contributed by atoms with E-state index in [1.807, 2.05) is 0 Å². The fraction of sp³-hybridized carbons (Fsp3) is 1.00. The number of ether oxygens (including phenoxy) is 1. The summed E-state index contributed by atoms with van der Waals surface area (Å²) >= 11 is 0. The molecule has 0 aliphatic carbocycles. The van der Waals surface area contributed by atoms with E-state index in [-0.39, 0.29) is 0 Å². The maximum absolute atomic E-state index is 5.82. The number of hydrogen-bond acceptors (Lipinski definition) is 2. The molecule has 0 aromatic heterocycles. The molecular weight excluding hydrogens is 174 g/mol. The lowest BCUT2D eigenvalue weighted by Crippen LogP contribution is -2.19. The van der Waals surface area contributed by atoms with Crippen molar-refractivity contribution in [3.63, 3.8) is 0 Å². The quantitative estimate of drug-likeness (QED) is 0.613. The van der Waals surface area contributed by atoms with Crippen LogP contribution in [0.25, 0.3) is 0 Å². The first-order valence-corrected chi connectivity index (χ1v) is 5.93. The largest absolute Gasteiger partial charge is 0.378 e. The molecule has 14 heavy (non-hydrogen) atoms. The summed E-state index contributed by atoms with van der Waals surface area (Å²) in [6, 6.07) is 0.360. The van der Waals surface area contributed by atoms with Gasteiger partial charge in [0.2, 0.25) is 0 Å². The summed E-state index contributed by atoms with van der Waals surface area (Å²) in [5.41, 5.74) is 5.82. The predicted octanol–water partition coefficient (Wildman–Crippen LogP) is 2.96. The van der Waals surface area contributed by atoms with Gasteiger partial charge in [0.25, 0.3) is 0 Å². The van der Waals surface area contributed by atoms with Crippen molar-refractivity contribution in [3.05, 3.63) is 0 Å². The van der Waals surface area contributed by atoms with Gasteiger partial charge in [-0.2, -0.15) is 0 Å². The smallest absolute Gasteiger partial charge is 0.0549 e. The van der Waals surface area contributed by atoms with Crippen LogP contribution in [0.2, 0.25) is 0 Å². The summed E-state index contributed by atoms with van der Waals surface area (Å²) in [7, 11) is 0. The number of hydrogen-bond donors (Lipinski definition) is 1. The molecule has 0 saturated carbocycles. The summed E-state index contributed by atoms with van der Waals surface area (Å²) in [5.74, 6) is 0.725. The van der Waals surface area contributed by atoms with Gasteiger partial charge >= 0.3 is 0 Å². The average molecular weight is 201 g/mol. The minimum Gasteiger partial charge on any atom is -0.378 e. The van der Waals surface area contributed by atoms with Crippen LogP contribution in [0.1, 0.15) is 53.4 Å². The highest BCUT2D eigenvalue weighted by Crippen LogP contribution is 2.08. The van der Waals surface area contributed by atoms with Crippen LogP contribution in [0, 0.1) is 5.92 Å². The van der Waals surface area contributed by atoms with Gasteiger partial charge in [-0.3, -0.25) is 0 Å². The third-order valence-corrected chi connectivity index (χ3v) is 2.45. The van der Waals surface area contributed by atoms with E-state index >= 15 is 0 Å². The van der Waals surface area contributed by atoms with Gasteiger partial charge in [0.1, 0.15) is 0 Å². The third-order valence-electron chi connectivity index (χ3n) is 2.45. The Bertz CT molecular complexity index is 125. The highest BCUT2D eigenvalue weighted by Gasteiger charge is 2.05. The maximum atomic E-state index is 5.82. The Morgan fingerprint density at radius 2 is 1.86 bits per heavy atom. The summed E-state index contributed by atoms with van der Waals surface area (Å²) in [5, 5.41) is 0. The molecule has 0 saturated heterocycles. The van der Waals surface area contributed by atoms with E-state index < -0.39 is 0 Å². The summed E-state index contributed by atoms with van der Waals surface area (Å²) < 4.78 is 5.69. The van der Waals surface area contributed by atoms with Gasteiger partial charge in [0.15, 0.2) is 0 Å². The lowest BCUT2D eigenvalue weighted by molar-refractivity contribution is 0.0489. The van der Waals surface area contributed by atoms with Gasteiger partial charge in [-0.25, -0.2) is 0 Å². The average Bonchev–Trinajstić information content (AvgIpc) is 2.10. The number of nitrogens with two attached hydrogens (primary N) is 1. The van der Waals surface area contributed by atoms with Gasteiger partial charge < -0.3 is 10.5 Å². The summed E-state index contributed by atoms with van der Waals surface area (Å²) in [6.45, 7) is 9.61. The van der Waals surface area contributed by atoms with Gasteiger partial charge in [-0.05, 0) is 38.5 Å². The molecule has 2 N–H and O–H groups in total. The molecule has 0 aliphatic heterocycles. The fourth-order valence-electron chi connectivity index (χ4n) is 1.57. The van der Waals surface area contributed by atoms with E-state index in [0.29, 0.717) is 12.1 Å². The second-order valence-corrected chi connectivity index (χ2v) is 4.62. The van der Waals surface area contributed by atoms with Gasteiger partial charge in [-0.15, -0.1) is 0 Å². The Labute approximate surface area is 89.2 Å². The normalized spacial score (nSPS) is 15.9. The van der Waals surface area contributed by atoms with Crippen LogP contribution < -0.4 is 5.73 Å². The van der Waals surface area contributed by atoms with Crippen molar-refractivity contribution in [1.29, 1.82) is 0 Å². The number of rotatable bonds is 8. The van der Waals surface area contributed by atoms with Gasteiger partial charge in [0.05, 0.1) is 6.10 Å². The zero-order valence-electron chi connectivity index (χ0n) is 10.3. The molecule has 86 valence electrons. The first kappa shape index (κ1) is 13.9. The molecule has 2 unspecified atom stereocenters. The Balaban J connectivity index is 3.27. The first-order valence-electron chi connectivity index (χ1n) is 5.93. The van der Waals surface area contributed by atoms with Crippen molar-refractivity contribution in [2.24, 2.45) is 11.7 Å². The first-order chi connectivity index (χ1) is 6.56. The lowest BCUT2D eigenvalue weighted by Gasteiger charge is -2.15. The van der Waals surface area contributed by atoms with Crippen LogP contribution in [0.5, 0.6) is 0 Å². The molecule has 2 nitrogen and oxygen atoms in total. The van der Waals surface area contributed by atoms with Crippen molar-refractivity contribution in [2.45, 2.75) is 65.5 Å². The predicted molar refractivity (Wildman–Crippen MR) is 62.4 cm³/mol. The van der Waals surface area contributed by atoms with E-state index in [1.165, 1.54) is 0 Å². The SMILES string of the molecule is CCC(N)CCCOC(C)CC(C)C. The second-order valence-electron chi connectivity index (χ2n) is 4.62. The Kier molecular flexibility index (Phi) is 8.20. The van der Waals surface area contributed by atoms with Crippen LogP contribution in [0.3, 0.4) is 0 Å². The molecule has 0 aliphatic rings. The fourth-order valence-corrected chi connectivity index (χ4v) is 1.57. The molecule has 0 rings (SSSR count). The lowest BCUT2D eigenvalue weighted by atomic mass is 10.1. The molecule has 0 fully saturated rings. The molecule has 0 spiro atoms. The van der Waals surface area contributed by atoms with E-state index in [1.54, 1.807) is 0 Å². The van der Waals surface area contributed by atoms with Crippen LogP contribution in [0.4, 0.5) is 0 Å². The topological polar surface area (TPSA) is 35.2 Å². The highest BCUT2D eigenvalue weighted by atomic mass is 16.5. The standard InChI is InChI=1S/C12H27NO/c1-5-12(13)7-6-8-14-11(4)9-10(2)3/h10-12H,5-9,13H2,1-4H3. The molecule has 0 aromatic rings. The minimum atomic E-state index is 0.360. The van der Waals surface area contributed by atoms with E-state index in [0.717, 1.165) is 38.2 Å². The minimum absolute atomic E-state index is 0.360. The molecule has 0 heterocycles. The summed E-state index contributed by atoms with van der Waals surface area (Å²) in [6.07, 6.45) is 4.80. The van der Waals surface area contributed by atoms with Crippen molar-refractivity contribution < 1.29 is 4.74 Å². The van der Waals surface area contributed by atoms with Crippen molar-refractivity contribution in [2.75, 3.05) is 6.61 Å². The molecule has 0 radical (unpaired) electrons. The van der Waals surface area contributed by atoms with Crippen molar-refractivity contribution in [3.8, 4) is 0 Å². The maximum Gasteiger partial charge on any atom is 0.0549 e. The van der Waals surface area contributed by atoms with Crippen LogP contribution in [0.15, 0.2) is 0 Å². The zero-order valence-corrected chi connectivity index (χ0v) is 10.3. The van der Waals surface area contributed by atoms with Crippen LogP contribution in [-0.2, 0) is 4.74 Å². The molecule has 2 atom stereocenters. The van der Waals surface area contributed by atoms with Crippen molar-refractivity contribution >= 4 is 0 Å². The van der Waals surface area contributed by atoms with Gasteiger partial charge in [-0.1, -0.05) is 20.8 Å². The molecular formula is C12H27NO. The van der Waals surface area contributed by atoms with Crippen LogP contribution >= 0.6 is 0 Å².